The second kappa shape index (κ2) is 9.62. The van der Waals surface area contributed by atoms with E-state index in [4.69, 9.17) is 4.74 Å². The number of nitrogens with zero attached hydrogens (tertiary/aromatic N) is 3. The topological polar surface area (TPSA) is 62.7 Å². The second-order valence-corrected chi connectivity index (χ2v) is 8.70. The van der Waals surface area contributed by atoms with E-state index >= 15 is 0 Å². The molecule has 2 aromatic rings. The first-order valence-electron chi connectivity index (χ1n) is 10.4. The van der Waals surface area contributed by atoms with Gasteiger partial charge in [0.15, 0.2) is 0 Å². The molecule has 1 aromatic carbocycles. The van der Waals surface area contributed by atoms with Crippen molar-refractivity contribution in [3.8, 4) is 0 Å². The third-order valence-corrected chi connectivity index (χ3v) is 6.46. The Morgan fingerprint density at radius 1 is 1.30 bits per heavy atom. The summed E-state index contributed by atoms with van der Waals surface area (Å²) < 4.78 is 5.78. The lowest BCUT2D eigenvalue weighted by Crippen LogP contribution is -2.41. The average molecular weight is 426 g/mol. The molecule has 0 bridgehead atoms. The molecule has 0 saturated carbocycles. The molecule has 0 N–H and O–H groups in total. The van der Waals surface area contributed by atoms with E-state index in [1.165, 1.54) is 0 Å². The minimum Gasteiger partial charge on any atom is -0.376 e. The lowest BCUT2D eigenvalue weighted by Gasteiger charge is -2.28. The third kappa shape index (κ3) is 4.84. The van der Waals surface area contributed by atoms with Crippen LogP contribution >= 0.6 is 11.8 Å². The summed E-state index contributed by atoms with van der Waals surface area (Å²) in [4.78, 5) is 35.0. The Hall–Kier alpha value is -2.38. The van der Waals surface area contributed by atoms with Crippen LogP contribution in [0.4, 0.5) is 5.69 Å². The molecule has 158 valence electrons. The number of thioether (sulfide) groups is 1. The summed E-state index contributed by atoms with van der Waals surface area (Å²) in [7, 11) is 0. The van der Waals surface area contributed by atoms with Crippen LogP contribution < -0.4 is 4.90 Å². The molecule has 7 heteroatoms. The highest BCUT2D eigenvalue weighted by Crippen LogP contribution is 2.29. The van der Waals surface area contributed by atoms with Gasteiger partial charge in [-0.3, -0.25) is 14.6 Å². The van der Waals surface area contributed by atoms with E-state index in [1.807, 2.05) is 47.6 Å². The normalized spacial score (nSPS) is 21.2. The van der Waals surface area contributed by atoms with Crippen LogP contribution in [0.15, 0.2) is 53.7 Å². The van der Waals surface area contributed by atoms with Gasteiger partial charge in [0.2, 0.25) is 11.8 Å². The number of benzene rings is 1. The lowest BCUT2D eigenvalue weighted by molar-refractivity contribution is -0.138. The highest BCUT2D eigenvalue weighted by atomic mass is 32.2. The maximum atomic E-state index is 13.4. The van der Waals surface area contributed by atoms with Crippen molar-refractivity contribution in [1.29, 1.82) is 0 Å². The number of hydrogen-bond acceptors (Lipinski definition) is 5. The van der Waals surface area contributed by atoms with Crippen LogP contribution in [0.3, 0.4) is 0 Å². The van der Waals surface area contributed by atoms with Crippen molar-refractivity contribution >= 4 is 29.3 Å². The van der Waals surface area contributed by atoms with Crippen molar-refractivity contribution < 1.29 is 14.3 Å². The Bertz CT molecular complexity index is 869. The maximum absolute atomic E-state index is 13.4. The van der Waals surface area contributed by atoms with E-state index in [0.717, 1.165) is 35.6 Å². The van der Waals surface area contributed by atoms with Crippen molar-refractivity contribution in [2.24, 2.45) is 5.92 Å². The summed E-state index contributed by atoms with van der Waals surface area (Å²) >= 11 is 1.66. The largest absolute Gasteiger partial charge is 0.376 e. The van der Waals surface area contributed by atoms with E-state index in [9.17, 15) is 9.59 Å². The fraction of sp³-hybridized carbons (Fsp3) is 0.435. The smallest absolute Gasteiger partial charge is 0.228 e. The van der Waals surface area contributed by atoms with Gasteiger partial charge < -0.3 is 14.5 Å². The van der Waals surface area contributed by atoms with Crippen molar-refractivity contribution in [3.63, 3.8) is 0 Å². The molecular weight excluding hydrogens is 398 g/mol. The molecule has 4 rings (SSSR count). The Morgan fingerprint density at radius 3 is 2.80 bits per heavy atom. The van der Waals surface area contributed by atoms with Gasteiger partial charge in [0.25, 0.3) is 0 Å². The quantitative estimate of drug-likeness (QED) is 0.637. The Balaban J connectivity index is 1.47. The van der Waals surface area contributed by atoms with Crippen LogP contribution in [0.1, 0.15) is 24.8 Å². The summed E-state index contributed by atoms with van der Waals surface area (Å²) in [5.41, 5.74) is 1.84. The zero-order chi connectivity index (χ0) is 20.9. The number of carbonyl (C=O) groups excluding carboxylic acids is 2. The molecule has 1 aromatic heterocycles. The van der Waals surface area contributed by atoms with E-state index < -0.39 is 0 Å². The third-order valence-electron chi connectivity index (χ3n) is 5.71. The van der Waals surface area contributed by atoms with Gasteiger partial charge in [-0.1, -0.05) is 6.07 Å². The summed E-state index contributed by atoms with van der Waals surface area (Å²) in [6, 6.07) is 11.8. The van der Waals surface area contributed by atoms with Gasteiger partial charge in [0.05, 0.1) is 12.0 Å². The molecule has 3 heterocycles. The summed E-state index contributed by atoms with van der Waals surface area (Å²) in [6.07, 6.45) is 7.85. The standard InChI is InChI=1S/C23H27N3O3S/c1-30-21-8-6-19(7-9-21)26-15-18(12-22(26)27)23(28)25(16-20-5-3-11-29-20)14-17-4-2-10-24-13-17/h2,4,6-10,13,18,20H,3,5,11-12,14-16H2,1H3. The van der Waals surface area contributed by atoms with Crippen LogP contribution in [-0.2, 0) is 20.9 Å². The van der Waals surface area contributed by atoms with Crippen molar-refractivity contribution in [3.05, 3.63) is 54.4 Å². The molecule has 2 unspecified atom stereocenters. The van der Waals surface area contributed by atoms with Crippen molar-refractivity contribution in [2.75, 3.05) is 30.9 Å². The van der Waals surface area contributed by atoms with E-state index in [1.54, 1.807) is 29.1 Å². The monoisotopic (exact) mass is 425 g/mol. The molecule has 2 aliphatic rings. The number of ether oxygens (including phenoxy) is 1. The first-order valence-corrected chi connectivity index (χ1v) is 11.6. The van der Waals surface area contributed by atoms with Gasteiger partial charge >= 0.3 is 0 Å². The van der Waals surface area contributed by atoms with Crippen LogP contribution in [0, 0.1) is 5.92 Å². The minimum atomic E-state index is -0.337. The molecule has 2 amide bonds. The highest BCUT2D eigenvalue weighted by molar-refractivity contribution is 7.98. The molecule has 6 nitrogen and oxygen atoms in total. The van der Waals surface area contributed by atoms with Gasteiger partial charge in [-0.15, -0.1) is 11.8 Å². The first-order chi connectivity index (χ1) is 14.6. The van der Waals surface area contributed by atoms with E-state index in [-0.39, 0.29) is 30.3 Å². The molecule has 2 fully saturated rings. The molecular formula is C23H27N3O3S. The SMILES string of the molecule is CSc1ccc(N2CC(C(=O)N(Cc3cccnc3)CC3CCCO3)CC2=O)cc1. The van der Waals surface area contributed by atoms with Crippen LogP contribution in [-0.4, -0.2) is 53.8 Å². The lowest BCUT2D eigenvalue weighted by atomic mass is 10.1. The second-order valence-electron chi connectivity index (χ2n) is 7.82. The molecule has 2 aliphatic heterocycles. The molecule has 0 aliphatic carbocycles. The average Bonchev–Trinajstić information content (AvgIpc) is 3.43. The summed E-state index contributed by atoms with van der Waals surface area (Å²) in [5.74, 6) is -0.314. The fourth-order valence-electron chi connectivity index (χ4n) is 4.12. The number of anilines is 1. The predicted octanol–water partition coefficient (Wildman–Crippen LogP) is 3.36. The van der Waals surface area contributed by atoms with Gasteiger partial charge in [0, 0.05) is 55.6 Å². The molecule has 0 spiro atoms. The minimum absolute atomic E-state index is 0.00342. The summed E-state index contributed by atoms with van der Waals surface area (Å²) in [6.45, 7) is 2.22. The fourth-order valence-corrected chi connectivity index (χ4v) is 4.53. The number of aromatic nitrogens is 1. The molecule has 0 radical (unpaired) electrons. The van der Waals surface area contributed by atoms with Gasteiger partial charge in [-0.05, 0) is 55.0 Å². The van der Waals surface area contributed by atoms with E-state index in [2.05, 4.69) is 4.98 Å². The van der Waals surface area contributed by atoms with Gasteiger partial charge in [0.1, 0.15) is 0 Å². The highest BCUT2D eigenvalue weighted by Gasteiger charge is 2.38. The number of rotatable bonds is 7. The molecule has 30 heavy (non-hydrogen) atoms. The van der Waals surface area contributed by atoms with Crippen LogP contribution in [0.2, 0.25) is 0 Å². The van der Waals surface area contributed by atoms with Gasteiger partial charge in [-0.2, -0.15) is 0 Å². The summed E-state index contributed by atoms with van der Waals surface area (Å²) in [5, 5.41) is 0. The van der Waals surface area contributed by atoms with Crippen LogP contribution in [0.5, 0.6) is 0 Å². The maximum Gasteiger partial charge on any atom is 0.228 e. The predicted molar refractivity (Wildman–Crippen MR) is 117 cm³/mol. The number of hydrogen-bond donors (Lipinski definition) is 0. The first kappa shape index (κ1) is 20.9. The number of pyridine rings is 1. The van der Waals surface area contributed by atoms with Crippen molar-refractivity contribution in [2.45, 2.75) is 36.8 Å². The zero-order valence-corrected chi connectivity index (χ0v) is 18.0. The van der Waals surface area contributed by atoms with Gasteiger partial charge in [-0.25, -0.2) is 0 Å². The Morgan fingerprint density at radius 2 is 2.13 bits per heavy atom. The number of carbonyl (C=O) groups is 2. The van der Waals surface area contributed by atoms with Crippen LogP contribution in [0.25, 0.3) is 0 Å². The zero-order valence-electron chi connectivity index (χ0n) is 17.2. The Kier molecular flexibility index (Phi) is 6.69. The van der Waals surface area contributed by atoms with E-state index in [0.29, 0.717) is 19.6 Å². The number of amides is 2. The molecule has 2 atom stereocenters. The molecule has 2 saturated heterocycles. The van der Waals surface area contributed by atoms with Crippen molar-refractivity contribution in [1.82, 2.24) is 9.88 Å². The Labute approximate surface area is 181 Å².